The van der Waals surface area contributed by atoms with E-state index in [1.54, 1.807) is 122 Å². The topological polar surface area (TPSA) is 218 Å². The van der Waals surface area contributed by atoms with Crippen molar-refractivity contribution < 1.29 is 90.8 Å². The van der Waals surface area contributed by atoms with Crippen LogP contribution in [-0.2, 0) is 82.0 Å². The van der Waals surface area contributed by atoms with Gasteiger partial charge >= 0.3 is 36.2 Å². The van der Waals surface area contributed by atoms with Gasteiger partial charge in [-0.2, -0.15) is 0 Å². The number of carbonyl (C=O) groups excluding carboxylic acids is 6. The number of hydrogen-bond donors (Lipinski definition) is 4. The zero-order valence-electron chi connectivity index (χ0n) is 42.8. The smallest absolute Gasteiger partial charge is 0.408 e. The Balaban J connectivity index is 0.0000137. The van der Waals surface area contributed by atoms with E-state index >= 15 is 0 Å². The molecule has 0 aliphatic heterocycles. The van der Waals surface area contributed by atoms with Gasteiger partial charge in [0.25, 0.3) is 0 Å². The van der Waals surface area contributed by atoms with Crippen LogP contribution < -0.4 is 44.5 Å². The van der Waals surface area contributed by atoms with Gasteiger partial charge in [0.05, 0.1) is 0 Å². The van der Waals surface area contributed by atoms with E-state index in [1.807, 2.05) is 42.5 Å². The number of unbranched alkanes of at least 4 members (excludes halogenated alkanes) is 1. The van der Waals surface area contributed by atoms with Crippen molar-refractivity contribution in [1.29, 1.82) is 0 Å². The van der Waals surface area contributed by atoms with E-state index in [-0.39, 0.29) is 80.8 Å². The van der Waals surface area contributed by atoms with Crippen molar-refractivity contribution in [2.75, 3.05) is 0 Å². The van der Waals surface area contributed by atoms with Crippen molar-refractivity contribution in [1.82, 2.24) is 16.0 Å². The van der Waals surface area contributed by atoms with Crippen molar-refractivity contribution in [3.63, 3.8) is 0 Å². The third-order valence-electron chi connectivity index (χ3n) is 10.2. The van der Waals surface area contributed by atoms with Crippen molar-refractivity contribution in [3.8, 4) is 5.75 Å². The summed E-state index contributed by atoms with van der Waals surface area (Å²) in [4.78, 5) is 80.1. The highest BCUT2D eigenvalue weighted by atomic mass is 127. The van der Waals surface area contributed by atoms with E-state index in [0.717, 1.165) is 16.7 Å². The Morgan fingerprint density at radius 2 is 0.875 bits per heavy atom. The molecule has 392 valence electrons. The van der Waals surface area contributed by atoms with E-state index < -0.39 is 71.1 Å². The lowest BCUT2D eigenvalue weighted by Crippen LogP contribution is -3.00. The zero-order chi connectivity index (χ0) is 52.2. The minimum atomic E-state index is -1.34. The van der Waals surface area contributed by atoms with Crippen LogP contribution in [0, 0.1) is 0 Å². The predicted molar refractivity (Wildman–Crippen MR) is 262 cm³/mol. The molecule has 0 bridgehead atoms. The molecule has 17 nitrogen and oxygen atoms in total. The molecule has 0 aliphatic rings. The molecule has 0 radical (unpaired) electrons. The monoisotopic (exact) mass is 1110 g/mol. The SMILES string of the molecule is CC(C)(C)OC(=O)[C@H](CCCC[n+]1cc(O)c(C[C@H](NC(=O)OCc2ccccc2)C(=O)OC(C)(C)C)c(CC[C@H](NC(=O)OCc2ccccc2)C(=O)OC(C)(C)C)c1)NC(=O)OCc1ccccc1.[I-]. The fourth-order valence-electron chi connectivity index (χ4n) is 6.97. The molecule has 0 aliphatic carbocycles. The standard InChI is InChI=1S/C54H70N4O13.HI/c1-52(2,3)69-46(60)42(55-49(63)66-34-37-21-13-10-14-22-37)27-19-20-30-58-32-40(28-29-43(47(61)70-53(4,5)6)56-50(64)67-35-38-23-15-11-16-24-38)41(45(59)33-58)31-44(48(62)71-54(7,8)9)57-51(65)68-36-39-25-17-12-18-26-39;/h10-18,21-26,32-33,42-44H,19-20,27-31,34-36H2,1-9H3,(H3-,55,56,57,59,63,64,65);1H/t42-,43-,44-;/m0./s1. The van der Waals surface area contributed by atoms with Gasteiger partial charge in [-0.05, 0) is 105 Å². The number of esters is 3. The third kappa shape index (κ3) is 23.2. The normalized spacial score (nSPS) is 12.6. The van der Waals surface area contributed by atoms with Crippen LogP contribution >= 0.6 is 0 Å². The first-order valence-electron chi connectivity index (χ1n) is 23.8. The minimum Gasteiger partial charge on any atom is -1.00 e. The summed E-state index contributed by atoms with van der Waals surface area (Å²) in [5.74, 6) is -2.38. The summed E-state index contributed by atoms with van der Waals surface area (Å²) in [7, 11) is 0. The van der Waals surface area contributed by atoms with Crippen LogP contribution in [0.25, 0.3) is 0 Å². The molecule has 0 unspecified atom stereocenters. The first kappa shape index (κ1) is 59.9. The van der Waals surface area contributed by atoms with Crippen molar-refractivity contribution >= 4 is 36.2 Å². The Labute approximate surface area is 440 Å². The predicted octanol–water partition coefficient (Wildman–Crippen LogP) is 5.24. The maximum Gasteiger partial charge on any atom is 0.408 e. The van der Waals surface area contributed by atoms with Crippen molar-refractivity contribution in [2.45, 2.75) is 162 Å². The Hall–Kier alpha value is -6.44. The number of benzene rings is 3. The number of rotatable bonds is 22. The van der Waals surface area contributed by atoms with Gasteiger partial charge < -0.3 is 73.5 Å². The summed E-state index contributed by atoms with van der Waals surface area (Å²) in [6, 6.07) is 23.6. The number of amides is 3. The summed E-state index contributed by atoms with van der Waals surface area (Å²) >= 11 is 0. The summed E-state index contributed by atoms with van der Waals surface area (Å²) in [6.45, 7) is 15.5. The summed E-state index contributed by atoms with van der Waals surface area (Å²) in [6.07, 6.45) is 1.47. The number of aromatic nitrogens is 1. The molecule has 0 fully saturated rings. The number of ether oxygens (including phenoxy) is 6. The van der Waals surface area contributed by atoms with Crippen LogP contribution in [0.4, 0.5) is 14.4 Å². The molecule has 4 aromatic rings. The number of aryl methyl sites for hydroxylation is 2. The van der Waals surface area contributed by atoms with Crippen LogP contribution in [0.2, 0.25) is 0 Å². The second-order valence-electron chi connectivity index (χ2n) is 20.0. The van der Waals surface area contributed by atoms with E-state index in [9.17, 15) is 33.9 Å². The Kier molecular flexibility index (Phi) is 23.7. The number of aromatic hydroxyl groups is 1. The summed E-state index contributed by atoms with van der Waals surface area (Å²) < 4.78 is 35.1. The molecule has 4 rings (SSSR count). The average Bonchev–Trinajstić information content (AvgIpc) is 3.29. The van der Waals surface area contributed by atoms with Gasteiger partial charge in [0, 0.05) is 24.0 Å². The van der Waals surface area contributed by atoms with Gasteiger partial charge in [-0.25, -0.2) is 33.3 Å². The number of pyridine rings is 1. The molecule has 1 heterocycles. The van der Waals surface area contributed by atoms with Crippen LogP contribution in [0.1, 0.15) is 116 Å². The molecule has 72 heavy (non-hydrogen) atoms. The fraction of sp³-hybridized carbons (Fsp3) is 0.463. The minimum absolute atomic E-state index is 0. The molecular formula is C54H71IN4O13. The van der Waals surface area contributed by atoms with Crippen LogP contribution in [0.15, 0.2) is 103 Å². The molecule has 18 heteroatoms. The zero-order valence-corrected chi connectivity index (χ0v) is 44.9. The Bertz CT molecular complexity index is 2370. The number of alkyl carbamates (subject to hydrolysis) is 3. The van der Waals surface area contributed by atoms with Gasteiger partial charge in [-0.3, -0.25) is 0 Å². The largest absolute Gasteiger partial charge is 1.00 e. The van der Waals surface area contributed by atoms with Gasteiger partial charge in [-0.15, -0.1) is 0 Å². The van der Waals surface area contributed by atoms with E-state index in [4.69, 9.17) is 28.4 Å². The average molecular weight is 1110 g/mol. The summed E-state index contributed by atoms with van der Waals surface area (Å²) in [5, 5.41) is 19.7. The van der Waals surface area contributed by atoms with Crippen LogP contribution in [0.5, 0.6) is 5.75 Å². The molecule has 0 saturated heterocycles. The third-order valence-corrected chi connectivity index (χ3v) is 10.2. The summed E-state index contributed by atoms with van der Waals surface area (Å²) in [5.41, 5.74) is 0.261. The van der Waals surface area contributed by atoms with Crippen LogP contribution in [0.3, 0.4) is 0 Å². The quantitative estimate of drug-likeness (QED) is 0.0261. The Morgan fingerprint density at radius 1 is 0.514 bits per heavy atom. The lowest BCUT2D eigenvalue weighted by molar-refractivity contribution is -0.698. The van der Waals surface area contributed by atoms with Crippen LogP contribution in [-0.4, -0.2) is 76.2 Å². The maximum absolute atomic E-state index is 13.8. The maximum atomic E-state index is 13.8. The van der Waals surface area contributed by atoms with Gasteiger partial charge in [-0.1, -0.05) is 91.0 Å². The first-order valence-corrected chi connectivity index (χ1v) is 23.8. The molecule has 0 saturated carbocycles. The highest BCUT2D eigenvalue weighted by Gasteiger charge is 2.33. The second kappa shape index (κ2) is 28.6. The molecule has 4 N–H and O–H groups in total. The van der Waals surface area contributed by atoms with E-state index in [0.29, 0.717) is 24.9 Å². The highest BCUT2D eigenvalue weighted by molar-refractivity contribution is 5.83. The molecule has 0 spiro atoms. The van der Waals surface area contributed by atoms with Crippen molar-refractivity contribution in [3.05, 3.63) is 131 Å². The second-order valence-corrected chi connectivity index (χ2v) is 20.0. The van der Waals surface area contributed by atoms with Gasteiger partial charge in [0.15, 0.2) is 11.9 Å². The van der Waals surface area contributed by atoms with E-state index in [1.165, 1.54) is 6.20 Å². The Morgan fingerprint density at radius 3 is 1.26 bits per heavy atom. The van der Waals surface area contributed by atoms with Gasteiger partial charge in [0.2, 0.25) is 6.20 Å². The molecule has 3 atom stereocenters. The number of nitrogens with one attached hydrogen (secondary N) is 3. The van der Waals surface area contributed by atoms with Gasteiger partial charge in [0.1, 0.15) is 61.3 Å². The molecule has 1 aromatic heterocycles. The molecular weight excluding hydrogens is 1040 g/mol. The molecule has 3 aromatic carbocycles. The lowest BCUT2D eigenvalue weighted by Gasteiger charge is -2.26. The highest BCUT2D eigenvalue weighted by Crippen LogP contribution is 2.25. The number of nitrogens with zero attached hydrogens (tertiary/aromatic N) is 1. The number of carbonyl (C=O) groups is 6. The lowest BCUT2D eigenvalue weighted by atomic mass is 9.96. The fourth-order valence-corrected chi connectivity index (χ4v) is 6.97. The number of hydrogen-bond acceptors (Lipinski definition) is 13. The van der Waals surface area contributed by atoms with E-state index in [2.05, 4.69) is 16.0 Å². The van der Waals surface area contributed by atoms with Crippen molar-refractivity contribution in [2.24, 2.45) is 0 Å². The molecule has 3 amide bonds. The number of halogens is 1. The first-order chi connectivity index (χ1) is 33.4.